The van der Waals surface area contributed by atoms with E-state index >= 15 is 0 Å². The standard InChI is InChI=1S/C19H17ClN6O3S/c1-11-3-8-15-14(17(11)20)9-16(26(15)2)18(27)23-12-4-6-13(7-5-12)30(28,29)25-19-21-10-22-24-19/h3-10H,1-2H3,(H,23,27)(H2,21,22,24,25). The minimum Gasteiger partial charge on any atom is -0.340 e. The van der Waals surface area contributed by atoms with E-state index in [1.165, 1.54) is 30.6 Å². The second-order valence-electron chi connectivity index (χ2n) is 6.64. The number of carbonyl (C=O) groups excluding carboxylic acids is 1. The second kappa shape index (κ2) is 7.47. The molecule has 0 aliphatic carbocycles. The molecule has 2 aromatic heterocycles. The number of halogens is 1. The third kappa shape index (κ3) is 3.62. The zero-order valence-electron chi connectivity index (χ0n) is 16.0. The lowest BCUT2D eigenvalue weighted by Crippen LogP contribution is -2.16. The van der Waals surface area contributed by atoms with Crippen LogP contribution >= 0.6 is 11.6 Å². The van der Waals surface area contributed by atoms with E-state index in [1.54, 1.807) is 17.7 Å². The van der Waals surface area contributed by atoms with Crippen molar-refractivity contribution in [3.05, 3.63) is 65.1 Å². The number of sulfonamides is 1. The Morgan fingerprint density at radius 3 is 2.57 bits per heavy atom. The highest BCUT2D eigenvalue weighted by Crippen LogP contribution is 2.29. The smallest absolute Gasteiger partial charge is 0.272 e. The molecule has 2 heterocycles. The van der Waals surface area contributed by atoms with Crippen molar-refractivity contribution in [2.75, 3.05) is 10.0 Å². The Morgan fingerprint density at radius 2 is 1.90 bits per heavy atom. The summed E-state index contributed by atoms with van der Waals surface area (Å²) in [5.74, 6) is -0.324. The Balaban J connectivity index is 1.55. The average Bonchev–Trinajstić information content (AvgIpc) is 3.33. The lowest BCUT2D eigenvalue weighted by molar-refractivity contribution is 0.101. The van der Waals surface area contributed by atoms with Crippen molar-refractivity contribution in [1.82, 2.24) is 19.7 Å². The number of aromatic nitrogens is 4. The highest BCUT2D eigenvalue weighted by atomic mass is 35.5. The number of fused-ring (bicyclic) bond motifs is 1. The first-order chi connectivity index (χ1) is 14.3. The number of carbonyl (C=O) groups is 1. The van der Waals surface area contributed by atoms with E-state index < -0.39 is 10.0 Å². The minimum absolute atomic E-state index is 0.0112. The van der Waals surface area contributed by atoms with Gasteiger partial charge in [-0.05, 0) is 48.9 Å². The summed E-state index contributed by atoms with van der Waals surface area (Å²) in [7, 11) is -2.04. The number of nitrogens with zero attached hydrogens (tertiary/aromatic N) is 3. The molecule has 0 radical (unpaired) electrons. The molecule has 154 valence electrons. The predicted octanol–water partition coefficient (Wildman–Crippen LogP) is 3.31. The highest BCUT2D eigenvalue weighted by Gasteiger charge is 2.18. The van der Waals surface area contributed by atoms with E-state index in [0.717, 1.165) is 16.5 Å². The van der Waals surface area contributed by atoms with Crippen LogP contribution in [0.3, 0.4) is 0 Å². The molecule has 4 aromatic rings. The van der Waals surface area contributed by atoms with E-state index in [-0.39, 0.29) is 16.8 Å². The molecule has 0 aliphatic heterocycles. The van der Waals surface area contributed by atoms with Gasteiger partial charge in [-0.3, -0.25) is 4.79 Å². The van der Waals surface area contributed by atoms with Crippen LogP contribution in [0.2, 0.25) is 5.02 Å². The molecule has 0 atom stereocenters. The number of hydrogen-bond acceptors (Lipinski definition) is 5. The molecule has 11 heteroatoms. The van der Waals surface area contributed by atoms with E-state index in [2.05, 4.69) is 25.2 Å². The summed E-state index contributed by atoms with van der Waals surface area (Å²) in [4.78, 5) is 16.5. The van der Waals surface area contributed by atoms with Gasteiger partial charge in [0, 0.05) is 23.6 Å². The molecule has 0 bridgehead atoms. The summed E-state index contributed by atoms with van der Waals surface area (Å²) < 4.78 is 28.7. The number of benzene rings is 2. The number of nitrogens with one attached hydrogen (secondary N) is 3. The fourth-order valence-corrected chi connectivity index (χ4v) is 4.24. The molecule has 0 fully saturated rings. The van der Waals surface area contributed by atoms with Gasteiger partial charge in [-0.1, -0.05) is 17.7 Å². The molecule has 3 N–H and O–H groups in total. The molecular weight excluding hydrogens is 428 g/mol. The molecule has 0 spiro atoms. The first-order valence-electron chi connectivity index (χ1n) is 8.80. The van der Waals surface area contributed by atoms with E-state index in [4.69, 9.17) is 11.6 Å². The van der Waals surface area contributed by atoms with Crippen LogP contribution in [0.5, 0.6) is 0 Å². The van der Waals surface area contributed by atoms with Gasteiger partial charge in [0.15, 0.2) is 0 Å². The minimum atomic E-state index is -3.83. The summed E-state index contributed by atoms with van der Waals surface area (Å²) in [6.07, 6.45) is 1.19. The number of aromatic amines is 1. The largest absolute Gasteiger partial charge is 0.340 e. The van der Waals surface area contributed by atoms with Crippen molar-refractivity contribution in [3.63, 3.8) is 0 Å². The highest BCUT2D eigenvalue weighted by molar-refractivity contribution is 7.92. The van der Waals surface area contributed by atoms with Crippen molar-refractivity contribution in [1.29, 1.82) is 0 Å². The molecular formula is C19H17ClN6O3S. The van der Waals surface area contributed by atoms with Crippen molar-refractivity contribution < 1.29 is 13.2 Å². The second-order valence-corrected chi connectivity index (χ2v) is 8.70. The molecule has 1 amide bonds. The molecule has 30 heavy (non-hydrogen) atoms. The van der Waals surface area contributed by atoms with E-state index in [9.17, 15) is 13.2 Å². The van der Waals surface area contributed by atoms with Gasteiger partial charge in [-0.2, -0.15) is 10.1 Å². The van der Waals surface area contributed by atoms with Crippen LogP contribution in [-0.2, 0) is 17.1 Å². The first-order valence-corrected chi connectivity index (χ1v) is 10.7. The van der Waals surface area contributed by atoms with Crippen LogP contribution in [-0.4, -0.2) is 34.1 Å². The number of rotatable bonds is 5. The Labute approximate surface area is 177 Å². The summed E-state index contributed by atoms with van der Waals surface area (Å²) in [5.41, 5.74) is 2.65. The first kappa shape index (κ1) is 19.9. The normalized spacial score (nSPS) is 11.6. The maximum Gasteiger partial charge on any atom is 0.272 e. The summed E-state index contributed by atoms with van der Waals surface area (Å²) in [5, 5.41) is 10.2. The van der Waals surface area contributed by atoms with Gasteiger partial charge in [0.2, 0.25) is 5.95 Å². The molecule has 0 aliphatic rings. The molecule has 0 saturated heterocycles. The van der Waals surface area contributed by atoms with Crippen LogP contribution < -0.4 is 10.0 Å². The maximum atomic E-state index is 12.8. The summed E-state index contributed by atoms with van der Waals surface area (Å²) in [6, 6.07) is 11.3. The molecule has 0 saturated carbocycles. The van der Waals surface area contributed by atoms with E-state index in [0.29, 0.717) is 16.4 Å². The number of amides is 1. The van der Waals surface area contributed by atoms with Gasteiger partial charge in [-0.15, -0.1) is 0 Å². The Kier molecular flexibility index (Phi) is 4.96. The number of hydrogen-bond donors (Lipinski definition) is 3. The van der Waals surface area contributed by atoms with Crippen LogP contribution in [0, 0.1) is 6.92 Å². The number of anilines is 2. The third-order valence-corrected chi connectivity index (χ3v) is 6.51. The molecule has 9 nitrogen and oxygen atoms in total. The number of aryl methyl sites for hydroxylation is 2. The van der Waals surface area contributed by atoms with Gasteiger partial charge < -0.3 is 9.88 Å². The topological polar surface area (TPSA) is 122 Å². The number of H-pyrrole nitrogens is 1. The Hall–Kier alpha value is -3.37. The predicted molar refractivity (Wildman–Crippen MR) is 114 cm³/mol. The van der Waals surface area contributed by atoms with Gasteiger partial charge in [0.05, 0.1) is 9.92 Å². The molecule has 2 aromatic carbocycles. The summed E-state index contributed by atoms with van der Waals surface area (Å²) in [6.45, 7) is 1.90. The lowest BCUT2D eigenvalue weighted by Gasteiger charge is -2.08. The quantitative estimate of drug-likeness (QED) is 0.436. The average molecular weight is 445 g/mol. The summed E-state index contributed by atoms with van der Waals surface area (Å²) >= 11 is 6.37. The monoisotopic (exact) mass is 444 g/mol. The zero-order chi connectivity index (χ0) is 21.5. The van der Waals surface area contributed by atoms with Gasteiger partial charge in [-0.25, -0.2) is 18.2 Å². The fourth-order valence-electron chi connectivity index (χ4n) is 3.06. The Morgan fingerprint density at radius 1 is 1.17 bits per heavy atom. The van der Waals surface area contributed by atoms with Crippen molar-refractivity contribution in [3.8, 4) is 0 Å². The molecule has 0 unspecified atom stereocenters. The SMILES string of the molecule is Cc1ccc2c(cc(C(=O)Nc3ccc(S(=O)(=O)Nc4ncn[nH]4)cc3)n2C)c1Cl. The Bertz CT molecular complexity index is 1350. The zero-order valence-corrected chi connectivity index (χ0v) is 17.5. The van der Waals surface area contributed by atoms with Crippen molar-refractivity contribution in [2.45, 2.75) is 11.8 Å². The lowest BCUT2D eigenvalue weighted by atomic mass is 10.2. The van der Waals surface area contributed by atoms with Crippen LogP contribution in [0.1, 0.15) is 16.1 Å². The van der Waals surface area contributed by atoms with Crippen molar-refractivity contribution in [2.24, 2.45) is 7.05 Å². The van der Waals surface area contributed by atoms with E-state index in [1.807, 2.05) is 19.1 Å². The van der Waals surface area contributed by atoms with Gasteiger partial charge in [0.25, 0.3) is 15.9 Å². The molecule has 4 rings (SSSR count). The van der Waals surface area contributed by atoms with Crippen molar-refractivity contribution >= 4 is 50.1 Å². The van der Waals surface area contributed by atoms with Gasteiger partial charge in [0.1, 0.15) is 12.0 Å². The maximum absolute atomic E-state index is 12.8. The van der Waals surface area contributed by atoms with Crippen LogP contribution in [0.15, 0.2) is 53.7 Å². The van der Waals surface area contributed by atoms with Crippen LogP contribution in [0.4, 0.5) is 11.6 Å². The van der Waals surface area contributed by atoms with Gasteiger partial charge >= 0.3 is 0 Å². The fraction of sp³-hybridized carbons (Fsp3) is 0.105. The van der Waals surface area contributed by atoms with Crippen LogP contribution in [0.25, 0.3) is 10.9 Å². The third-order valence-electron chi connectivity index (χ3n) is 4.65.